The number of hydrogen-bond donors (Lipinski definition) is 4. The summed E-state index contributed by atoms with van der Waals surface area (Å²) < 4.78 is 0. The van der Waals surface area contributed by atoms with Crippen LogP contribution in [0.25, 0.3) is 22.0 Å². The summed E-state index contributed by atoms with van der Waals surface area (Å²) in [5.41, 5.74) is 10.2. The monoisotopic (exact) mass is 392 g/mol. The van der Waals surface area contributed by atoms with Crippen molar-refractivity contribution in [2.45, 2.75) is 51.4 Å². The van der Waals surface area contributed by atoms with Crippen LogP contribution in [0.15, 0.2) is 36.7 Å². The van der Waals surface area contributed by atoms with E-state index in [1.807, 2.05) is 51.4 Å². The molecule has 1 unspecified atom stereocenters. The lowest BCUT2D eigenvalue weighted by molar-refractivity contribution is 0.132. The van der Waals surface area contributed by atoms with Crippen LogP contribution in [0.5, 0.6) is 0 Å². The molecule has 0 amide bonds. The van der Waals surface area contributed by atoms with Crippen molar-refractivity contribution in [3.63, 3.8) is 0 Å². The predicted octanol–water partition coefficient (Wildman–Crippen LogP) is 2.89. The standard InChI is InChI=1S/C22H28N6O/c1-13-10-24-19(20(29)26-16-5-6-16)9-17(13)14-4-7-18-15(8-14)11-25-21(27-18)28-22(2,3)12-23/h4,7-11,16,20,26,29H,5-6,12,23H2,1-3H3,(H,25,27,28). The van der Waals surface area contributed by atoms with Crippen molar-refractivity contribution in [1.29, 1.82) is 0 Å². The lowest BCUT2D eigenvalue weighted by atomic mass is 10.00. The quantitative estimate of drug-likeness (QED) is 0.458. The molecule has 0 saturated heterocycles. The highest BCUT2D eigenvalue weighted by Crippen LogP contribution is 2.29. The summed E-state index contributed by atoms with van der Waals surface area (Å²) in [5.74, 6) is 0.567. The molecule has 0 aliphatic heterocycles. The van der Waals surface area contributed by atoms with E-state index in [4.69, 9.17) is 5.73 Å². The van der Waals surface area contributed by atoms with Crippen LogP contribution in [-0.4, -0.2) is 38.2 Å². The Kier molecular flexibility index (Phi) is 5.21. The lowest BCUT2D eigenvalue weighted by Gasteiger charge is -2.24. The van der Waals surface area contributed by atoms with Crippen LogP contribution in [0.3, 0.4) is 0 Å². The molecular weight excluding hydrogens is 364 g/mol. The maximum absolute atomic E-state index is 10.4. The highest BCUT2D eigenvalue weighted by Gasteiger charge is 2.25. The molecule has 152 valence electrons. The molecule has 7 nitrogen and oxygen atoms in total. The second-order valence-corrected chi connectivity index (χ2v) is 8.45. The highest BCUT2D eigenvalue weighted by atomic mass is 16.3. The summed E-state index contributed by atoms with van der Waals surface area (Å²) in [6.45, 7) is 6.54. The number of aliphatic hydroxyl groups excluding tert-OH is 1. The number of rotatable bonds is 7. The zero-order valence-corrected chi connectivity index (χ0v) is 17.1. The topological polar surface area (TPSA) is 109 Å². The van der Waals surface area contributed by atoms with Crippen molar-refractivity contribution in [1.82, 2.24) is 20.3 Å². The van der Waals surface area contributed by atoms with Gasteiger partial charge >= 0.3 is 0 Å². The van der Waals surface area contributed by atoms with Gasteiger partial charge in [-0.05, 0) is 68.5 Å². The van der Waals surface area contributed by atoms with Gasteiger partial charge in [0.05, 0.1) is 11.2 Å². The molecule has 7 heteroatoms. The summed E-state index contributed by atoms with van der Waals surface area (Å²) in [7, 11) is 0. The van der Waals surface area contributed by atoms with Crippen LogP contribution in [0.1, 0.15) is 44.2 Å². The van der Waals surface area contributed by atoms with Crippen LogP contribution in [-0.2, 0) is 0 Å². The van der Waals surface area contributed by atoms with Crippen LogP contribution < -0.4 is 16.4 Å². The van der Waals surface area contributed by atoms with E-state index in [1.165, 1.54) is 0 Å². The van der Waals surface area contributed by atoms with Crippen LogP contribution in [0, 0.1) is 6.92 Å². The van der Waals surface area contributed by atoms with Gasteiger partial charge in [0, 0.05) is 35.9 Å². The third kappa shape index (κ3) is 4.53. The maximum atomic E-state index is 10.4. The van der Waals surface area contributed by atoms with Crippen molar-refractivity contribution in [3.05, 3.63) is 47.9 Å². The smallest absolute Gasteiger partial charge is 0.223 e. The predicted molar refractivity (Wildman–Crippen MR) is 115 cm³/mol. The van der Waals surface area contributed by atoms with E-state index in [0.29, 0.717) is 24.2 Å². The van der Waals surface area contributed by atoms with Crippen molar-refractivity contribution in [2.24, 2.45) is 5.73 Å². The molecule has 1 aliphatic rings. The number of nitrogens with zero attached hydrogens (tertiary/aromatic N) is 3. The van der Waals surface area contributed by atoms with Gasteiger partial charge in [-0.3, -0.25) is 10.3 Å². The Morgan fingerprint density at radius 2 is 2.00 bits per heavy atom. The van der Waals surface area contributed by atoms with E-state index < -0.39 is 6.23 Å². The number of benzene rings is 1. The van der Waals surface area contributed by atoms with Crippen molar-refractivity contribution >= 4 is 16.9 Å². The van der Waals surface area contributed by atoms with Gasteiger partial charge in [0.25, 0.3) is 0 Å². The van der Waals surface area contributed by atoms with Crippen molar-refractivity contribution in [2.75, 3.05) is 11.9 Å². The third-order valence-corrected chi connectivity index (χ3v) is 5.23. The normalized spacial score (nSPS) is 15.5. The van der Waals surface area contributed by atoms with E-state index in [2.05, 4.69) is 31.7 Å². The van der Waals surface area contributed by atoms with E-state index in [1.54, 1.807) is 0 Å². The number of aromatic nitrogens is 3. The summed E-state index contributed by atoms with van der Waals surface area (Å²) in [6.07, 6.45) is 5.11. The van der Waals surface area contributed by atoms with Gasteiger partial charge in [-0.15, -0.1) is 0 Å². The Bertz CT molecular complexity index is 1030. The number of nitrogens with one attached hydrogen (secondary N) is 2. The molecule has 0 bridgehead atoms. The fourth-order valence-electron chi connectivity index (χ4n) is 3.17. The number of hydrogen-bond acceptors (Lipinski definition) is 7. The van der Waals surface area contributed by atoms with Gasteiger partial charge < -0.3 is 16.2 Å². The second kappa shape index (κ2) is 7.67. The minimum absolute atomic E-state index is 0.270. The van der Waals surface area contributed by atoms with Crippen LogP contribution in [0.4, 0.5) is 5.95 Å². The van der Waals surface area contributed by atoms with Crippen LogP contribution >= 0.6 is 0 Å². The molecule has 1 atom stereocenters. The number of anilines is 1. The average molecular weight is 393 g/mol. The number of aryl methyl sites for hydroxylation is 1. The first-order valence-corrected chi connectivity index (χ1v) is 10.0. The largest absolute Gasteiger partial charge is 0.373 e. The number of fused-ring (bicyclic) bond motifs is 1. The molecule has 0 radical (unpaired) electrons. The molecule has 1 aliphatic carbocycles. The lowest BCUT2D eigenvalue weighted by Crippen LogP contribution is -2.39. The first kappa shape index (κ1) is 19.7. The summed E-state index contributed by atoms with van der Waals surface area (Å²) in [4.78, 5) is 13.5. The van der Waals surface area contributed by atoms with E-state index >= 15 is 0 Å². The van der Waals surface area contributed by atoms with E-state index in [-0.39, 0.29) is 5.54 Å². The molecule has 2 heterocycles. The molecule has 1 saturated carbocycles. The molecule has 1 aromatic carbocycles. The van der Waals surface area contributed by atoms with Gasteiger partial charge in [-0.2, -0.15) is 0 Å². The first-order chi connectivity index (χ1) is 13.8. The number of aliphatic hydroxyl groups is 1. The zero-order valence-electron chi connectivity index (χ0n) is 17.1. The first-order valence-electron chi connectivity index (χ1n) is 10.0. The van der Waals surface area contributed by atoms with E-state index in [9.17, 15) is 5.11 Å². The van der Waals surface area contributed by atoms with Crippen molar-refractivity contribution in [3.8, 4) is 11.1 Å². The summed E-state index contributed by atoms with van der Waals surface area (Å²) in [6, 6.07) is 8.46. The molecule has 29 heavy (non-hydrogen) atoms. The van der Waals surface area contributed by atoms with Gasteiger partial charge in [0.2, 0.25) is 5.95 Å². The molecule has 0 spiro atoms. The van der Waals surface area contributed by atoms with Crippen molar-refractivity contribution < 1.29 is 5.11 Å². The van der Waals surface area contributed by atoms with E-state index in [0.717, 1.165) is 40.4 Å². The average Bonchev–Trinajstić information content (AvgIpc) is 3.51. The van der Waals surface area contributed by atoms with Gasteiger partial charge in [0.1, 0.15) is 6.23 Å². The number of pyridine rings is 1. The minimum Gasteiger partial charge on any atom is -0.373 e. The Labute approximate surface area is 170 Å². The third-order valence-electron chi connectivity index (χ3n) is 5.23. The summed E-state index contributed by atoms with van der Waals surface area (Å²) in [5, 5.41) is 17.8. The molecule has 5 N–H and O–H groups in total. The zero-order chi connectivity index (χ0) is 20.6. The minimum atomic E-state index is -0.745. The Morgan fingerprint density at radius 3 is 2.72 bits per heavy atom. The summed E-state index contributed by atoms with van der Waals surface area (Å²) >= 11 is 0. The fraction of sp³-hybridized carbons (Fsp3) is 0.409. The van der Waals surface area contributed by atoms with Gasteiger partial charge in [0.15, 0.2) is 0 Å². The van der Waals surface area contributed by atoms with Gasteiger partial charge in [-0.25, -0.2) is 9.97 Å². The number of nitrogens with two attached hydrogens (primary N) is 1. The Hall–Kier alpha value is -2.61. The molecule has 2 aromatic heterocycles. The molecule has 1 fully saturated rings. The van der Waals surface area contributed by atoms with Gasteiger partial charge in [-0.1, -0.05) is 6.07 Å². The Morgan fingerprint density at radius 1 is 1.21 bits per heavy atom. The highest BCUT2D eigenvalue weighted by molar-refractivity contribution is 5.85. The second-order valence-electron chi connectivity index (χ2n) is 8.45. The van der Waals surface area contributed by atoms with Crippen LogP contribution in [0.2, 0.25) is 0 Å². The molecular formula is C22H28N6O. The fourth-order valence-corrected chi connectivity index (χ4v) is 3.17. The SMILES string of the molecule is Cc1cnc(C(O)NC2CC2)cc1-c1ccc2nc(NC(C)(C)CN)ncc2c1. The molecule has 4 rings (SSSR count). The maximum Gasteiger partial charge on any atom is 0.223 e. The molecule has 3 aromatic rings. The Balaban J connectivity index is 1.63.